The number of carboxylic acid groups (broad SMARTS) is 1. The van der Waals surface area contributed by atoms with E-state index in [1.165, 1.54) is 51.4 Å². The molecule has 0 aromatic carbocycles. The zero-order valence-electron chi connectivity index (χ0n) is 14.4. The molecule has 0 aliphatic rings. The minimum absolute atomic E-state index is 0.544. The number of unbranched alkanes of at least 4 members (excludes halogenated alkanes) is 6. The monoisotopic (exact) mass is 297 g/mol. The number of nitrogens with zero attached hydrogens (tertiary/aromatic N) is 1. The summed E-state index contributed by atoms with van der Waals surface area (Å²) < 4.78 is 0. The summed E-state index contributed by atoms with van der Waals surface area (Å²) in [6.45, 7) is 9.34. The van der Waals surface area contributed by atoms with Crippen molar-refractivity contribution < 1.29 is 9.90 Å². The molecule has 1 N–H and O–H groups in total. The molecule has 0 heterocycles. The van der Waals surface area contributed by atoms with Gasteiger partial charge in [-0.15, -0.1) is 0 Å². The van der Waals surface area contributed by atoms with E-state index in [4.69, 9.17) is 5.11 Å². The van der Waals surface area contributed by atoms with E-state index in [2.05, 4.69) is 18.7 Å². The summed E-state index contributed by atoms with van der Waals surface area (Å²) >= 11 is 0. The molecule has 0 aromatic heterocycles. The molecule has 0 aliphatic carbocycles. The highest BCUT2D eigenvalue weighted by molar-refractivity contribution is 5.86. The Morgan fingerprint density at radius 1 is 0.905 bits per heavy atom. The molecule has 0 spiro atoms. The molecule has 0 unspecified atom stereocenters. The molecule has 0 aliphatic heterocycles. The lowest BCUT2D eigenvalue weighted by Crippen LogP contribution is -2.27. The Labute approximate surface area is 131 Å². The van der Waals surface area contributed by atoms with Gasteiger partial charge >= 0.3 is 5.97 Å². The first-order chi connectivity index (χ1) is 10.2. The van der Waals surface area contributed by atoms with Crippen LogP contribution in [0.15, 0.2) is 11.6 Å². The van der Waals surface area contributed by atoms with Gasteiger partial charge in [0.25, 0.3) is 0 Å². The van der Waals surface area contributed by atoms with Crippen molar-refractivity contribution in [1.82, 2.24) is 4.90 Å². The van der Waals surface area contributed by atoms with Crippen LogP contribution < -0.4 is 0 Å². The molecule has 3 heteroatoms. The number of carboxylic acids is 1. The van der Waals surface area contributed by atoms with Crippen molar-refractivity contribution in [3.63, 3.8) is 0 Å². The highest BCUT2D eigenvalue weighted by Gasteiger charge is 2.07. The van der Waals surface area contributed by atoms with Crippen LogP contribution in [-0.4, -0.2) is 35.6 Å². The van der Waals surface area contributed by atoms with Gasteiger partial charge in [-0.25, -0.2) is 4.79 Å². The van der Waals surface area contributed by atoms with Gasteiger partial charge in [0, 0.05) is 12.1 Å². The van der Waals surface area contributed by atoms with Crippen LogP contribution in [0.5, 0.6) is 0 Å². The van der Waals surface area contributed by atoms with Gasteiger partial charge in [0.2, 0.25) is 0 Å². The van der Waals surface area contributed by atoms with Crippen LogP contribution in [-0.2, 0) is 4.79 Å². The van der Waals surface area contributed by atoms with Gasteiger partial charge < -0.3 is 5.11 Å². The predicted octanol–water partition coefficient (Wildman–Crippen LogP) is 4.87. The van der Waals surface area contributed by atoms with Crippen LogP contribution in [0.25, 0.3) is 0 Å². The predicted molar refractivity (Wildman–Crippen MR) is 90.7 cm³/mol. The molecule has 0 saturated carbocycles. The Bertz CT molecular complexity index is 275. The van der Waals surface area contributed by atoms with E-state index in [0.29, 0.717) is 12.0 Å². The molecule has 0 rings (SSSR count). The van der Waals surface area contributed by atoms with Gasteiger partial charge in [-0.05, 0) is 32.4 Å². The van der Waals surface area contributed by atoms with Crippen LogP contribution in [0.4, 0.5) is 0 Å². The topological polar surface area (TPSA) is 40.5 Å². The summed E-state index contributed by atoms with van der Waals surface area (Å²) in [5.74, 6) is -0.769. The van der Waals surface area contributed by atoms with Crippen molar-refractivity contribution >= 4 is 5.97 Å². The Kier molecular flexibility index (Phi) is 13.6. The highest BCUT2D eigenvalue weighted by atomic mass is 16.4. The first-order valence-corrected chi connectivity index (χ1v) is 8.80. The van der Waals surface area contributed by atoms with Gasteiger partial charge in [-0.2, -0.15) is 0 Å². The summed E-state index contributed by atoms with van der Waals surface area (Å²) in [6.07, 6.45) is 12.6. The van der Waals surface area contributed by atoms with E-state index in [1.807, 2.05) is 13.0 Å². The standard InChI is InChI=1S/C18H35NO2/c1-4-7-9-11-14-19(15-12-10-8-5-2)16-13-17(6-3)18(20)21/h13H,4-12,14-16H2,1-3H3,(H,20,21). The Morgan fingerprint density at radius 2 is 1.43 bits per heavy atom. The molecule has 124 valence electrons. The summed E-state index contributed by atoms with van der Waals surface area (Å²) in [5.41, 5.74) is 0.544. The molecule has 0 saturated heterocycles. The van der Waals surface area contributed by atoms with Crippen molar-refractivity contribution in [2.45, 2.75) is 78.6 Å². The van der Waals surface area contributed by atoms with E-state index >= 15 is 0 Å². The number of carbonyl (C=O) groups is 1. The van der Waals surface area contributed by atoms with Gasteiger partial charge in [0.1, 0.15) is 0 Å². The minimum Gasteiger partial charge on any atom is -0.478 e. The fraction of sp³-hybridized carbons (Fsp3) is 0.833. The fourth-order valence-corrected chi connectivity index (χ4v) is 2.44. The van der Waals surface area contributed by atoms with E-state index in [-0.39, 0.29) is 0 Å². The van der Waals surface area contributed by atoms with Crippen LogP contribution >= 0.6 is 0 Å². The SMILES string of the molecule is CCCCCCN(CC=C(CC)C(=O)O)CCCCCC. The molecule has 0 fully saturated rings. The van der Waals surface area contributed by atoms with Crippen molar-refractivity contribution in [1.29, 1.82) is 0 Å². The van der Waals surface area contributed by atoms with E-state index in [0.717, 1.165) is 19.6 Å². The summed E-state index contributed by atoms with van der Waals surface area (Å²) in [7, 11) is 0. The summed E-state index contributed by atoms with van der Waals surface area (Å²) in [5, 5.41) is 9.09. The third-order valence-corrected chi connectivity index (χ3v) is 3.91. The molecule has 0 aromatic rings. The maximum absolute atomic E-state index is 11.1. The van der Waals surface area contributed by atoms with E-state index in [9.17, 15) is 4.79 Å². The largest absolute Gasteiger partial charge is 0.478 e. The first-order valence-electron chi connectivity index (χ1n) is 8.80. The van der Waals surface area contributed by atoms with Gasteiger partial charge in [0.05, 0.1) is 0 Å². The molecule has 21 heavy (non-hydrogen) atoms. The average Bonchev–Trinajstić information content (AvgIpc) is 2.47. The van der Waals surface area contributed by atoms with Crippen molar-refractivity contribution in [2.75, 3.05) is 19.6 Å². The lowest BCUT2D eigenvalue weighted by molar-refractivity contribution is -0.132. The maximum Gasteiger partial charge on any atom is 0.331 e. The zero-order chi connectivity index (χ0) is 15.9. The van der Waals surface area contributed by atoms with Crippen molar-refractivity contribution in [3.8, 4) is 0 Å². The maximum atomic E-state index is 11.1. The number of hydrogen-bond donors (Lipinski definition) is 1. The Morgan fingerprint density at radius 3 is 1.81 bits per heavy atom. The zero-order valence-corrected chi connectivity index (χ0v) is 14.4. The molecule has 0 radical (unpaired) electrons. The van der Waals surface area contributed by atoms with Gasteiger partial charge in [-0.3, -0.25) is 4.90 Å². The highest BCUT2D eigenvalue weighted by Crippen LogP contribution is 2.07. The molecule has 0 bridgehead atoms. The quantitative estimate of drug-likeness (QED) is 0.367. The van der Waals surface area contributed by atoms with Gasteiger partial charge in [0.15, 0.2) is 0 Å². The summed E-state index contributed by atoms with van der Waals surface area (Å²) in [6, 6.07) is 0. The molecular formula is C18H35NO2. The lowest BCUT2D eigenvalue weighted by atomic mass is 10.1. The number of aliphatic carboxylic acids is 1. The molecule has 0 atom stereocenters. The second-order valence-corrected chi connectivity index (χ2v) is 5.81. The normalized spacial score (nSPS) is 12.1. The van der Waals surface area contributed by atoms with Crippen molar-refractivity contribution in [3.05, 3.63) is 11.6 Å². The average molecular weight is 297 g/mol. The molecular weight excluding hydrogens is 262 g/mol. The first kappa shape index (κ1) is 20.2. The Balaban J connectivity index is 4.24. The fourth-order valence-electron chi connectivity index (χ4n) is 2.44. The number of rotatable bonds is 14. The lowest BCUT2D eigenvalue weighted by Gasteiger charge is -2.21. The molecule has 0 amide bonds. The van der Waals surface area contributed by atoms with Gasteiger partial charge in [-0.1, -0.05) is 65.4 Å². The second-order valence-electron chi connectivity index (χ2n) is 5.81. The molecule has 3 nitrogen and oxygen atoms in total. The smallest absolute Gasteiger partial charge is 0.331 e. The minimum atomic E-state index is -0.769. The third-order valence-electron chi connectivity index (χ3n) is 3.91. The van der Waals surface area contributed by atoms with Crippen LogP contribution in [0.2, 0.25) is 0 Å². The second kappa shape index (κ2) is 14.1. The van der Waals surface area contributed by atoms with E-state index in [1.54, 1.807) is 0 Å². The van der Waals surface area contributed by atoms with Crippen LogP contribution in [0, 0.1) is 0 Å². The Hall–Kier alpha value is -0.830. The number of hydrogen-bond acceptors (Lipinski definition) is 2. The van der Waals surface area contributed by atoms with Crippen LogP contribution in [0.1, 0.15) is 78.6 Å². The third kappa shape index (κ3) is 11.5. The summed E-state index contributed by atoms with van der Waals surface area (Å²) in [4.78, 5) is 13.5. The van der Waals surface area contributed by atoms with E-state index < -0.39 is 5.97 Å². The van der Waals surface area contributed by atoms with Crippen molar-refractivity contribution in [2.24, 2.45) is 0 Å². The van der Waals surface area contributed by atoms with Crippen LogP contribution in [0.3, 0.4) is 0 Å².